The van der Waals surface area contributed by atoms with Gasteiger partial charge in [0.2, 0.25) is 5.91 Å². The topological polar surface area (TPSA) is 67.4 Å². The monoisotopic (exact) mass is 332 g/mol. The molecule has 2 N–H and O–H groups in total. The summed E-state index contributed by atoms with van der Waals surface area (Å²) in [6.45, 7) is 2.50. The highest BCUT2D eigenvalue weighted by atomic mass is 35.5. The zero-order valence-electron chi connectivity index (χ0n) is 12.6. The van der Waals surface area contributed by atoms with Crippen molar-refractivity contribution in [3.63, 3.8) is 0 Å². The van der Waals surface area contributed by atoms with Crippen LogP contribution in [0.4, 0.5) is 0 Å². The van der Waals surface area contributed by atoms with Crippen LogP contribution in [-0.4, -0.2) is 18.4 Å². The van der Waals surface area contributed by atoms with Crippen LogP contribution in [0.15, 0.2) is 48.5 Å². The highest BCUT2D eigenvalue weighted by Crippen LogP contribution is 2.14. The van der Waals surface area contributed by atoms with Crippen molar-refractivity contribution in [3.8, 4) is 5.75 Å². The molecule has 120 valence electrons. The third kappa shape index (κ3) is 5.00. The van der Waals surface area contributed by atoms with E-state index < -0.39 is 5.91 Å². The highest BCUT2D eigenvalue weighted by Gasteiger charge is 2.10. The number of nitrogens with one attached hydrogen (secondary N) is 2. The number of ether oxygens (including phenoxy) is 1. The summed E-state index contributed by atoms with van der Waals surface area (Å²) in [5.41, 5.74) is 5.83. The molecule has 0 heterocycles. The predicted molar refractivity (Wildman–Crippen MR) is 88.4 cm³/mol. The van der Waals surface area contributed by atoms with E-state index in [1.54, 1.807) is 48.5 Å². The van der Waals surface area contributed by atoms with Crippen LogP contribution in [0.25, 0.3) is 0 Å². The molecule has 0 atom stereocenters. The number of carbonyl (C=O) groups excluding carboxylic acids is 2. The minimum atomic E-state index is -0.462. The molecular formula is C17H17ClN2O3. The van der Waals surface area contributed by atoms with Crippen LogP contribution in [0.5, 0.6) is 5.75 Å². The van der Waals surface area contributed by atoms with Gasteiger partial charge in [0.05, 0.1) is 23.6 Å². The largest absolute Gasteiger partial charge is 0.494 e. The van der Waals surface area contributed by atoms with Gasteiger partial charge in [-0.1, -0.05) is 35.9 Å². The van der Waals surface area contributed by atoms with Gasteiger partial charge in [-0.25, -0.2) is 0 Å². The summed E-state index contributed by atoms with van der Waals surface area (Å²) in [5.74, 6) is -0.0334. The van der Waals surface area contributed by atoms with E-state index in [1.165, 1.54) is 0 Å². The lowest BCUT2D eigenvalue weighted by Crippen LogP contribution is -2.42. The lowest BCUT2D eigenvalue weighted by atomic mass is 10.1. The van der Waals surface area contributed by atoms with Crippen LogP contribution in [0.3, 0.4) is 0 Å². The summed E-state index contributed by atoms with van der Waals surface area (Å²) in [6, 6.07) is 13.8. The molecule has 6 heteroatoms. The average molecular weight is 333 g/mol. The molecule has 0 unspecified atom stereocenters. The Kier molecular flexibility index (Phi) is 6.00. The minimum Gasteiger partial charge on any atom is -0.494 e. The molecule has 2 aromatic carbocycles. The number of amides is 2. The SMILES string of the molecule is CCOc1ccc(CC(=O)NNC(=O)c2ccccc2Cl)cc1. The molecule has 2 rings (SSSR count). The summed E-state index contributed by atoms with van der Waals surface area (Å²) < 4.78 is 5.33. The van der Waals surface area contributed by atoms with E-state index in [0.717, 1.165) is 11.3 Å². The van der Waals surface area contributed by atoms with E-state index >= 15 is 0 Å². The lowest BCUT2D eigenvalue weighted by Gasteiger charge is -2.09. The number of hydrazine groups is 1. The van der Waals surface area contributed by atoms with Crippen molar-refractivity contribution in [2.24, 2.45) is 0 Å². The molecule has 0 radical (unpaired) electrons. The van der Waals surface area contributed by atoms with Crippen molar-refractivity contribution in [2.75, 3.05) is 6.61 Å². The van der Waals surface area contributed by atoms with E-state index in [9.17, 15) is 9.59 Å². The summed E-state index contributed by atoms with van der Waals surface area (Å²) in [6.07, 6.45) is 0.148. The first kappa shape index (κ1) is 16.8. The summed E-state index contributed by atoms with van der Waals surface area (Å²) >= 11 is 5.92. The summed E-state index contributed by atoms with van der Waals surface area (Å²) in [5, 5.41) is 0.325. The zero-order chi connectivity index (χ0) is 16.7. The van der Waals surface area contributed by atoms with Gasteiger partial charge in [0.1, 0.15) is 5.75 Å². The Labute approximate surface area is 139 Å². The van der Waals surface area contributed by atoms with Crippen LogP contribution >= 0.6 is 11.6 Å². The molecule has 0 aliphatic heterocycles. The van der Waals surface area contributed by atoms with Gasteiger partial charge < -0.3 is 4.74 Å². The fourth-order valence-corrected chi connectivity index (χ4v) is 2.16. The third-order valence-electron chi connectivity index (χ3n) is 3.03. The van der Waals surface area contributed by atoms with Gasteiger partial charge in [-0.3, -0.25) is 20.4 Å². The maximum atomic E-state index is 11.9. The van der Waals surface area contributed by atoms with Crippen LogP contribution in [0.1, 0.15) is 22.8 Å². The second-order valence-electron chi connectivity index (χ2n) is 4.74. The van der Waals surface area contributed by atoms with Crippen LogP contribution in [0, 0.1) is 0 Å². The Morgan fingerprint density at radius 1 is 1.04 bits per heavy atom. The van der Waals surface area contributed by atoms with Gasteiger partial charge in [0.25, 0.3) is 5.91 Å². The first-order valence-electron chi connectivity index (χ1n) is 7.15. The van der Waals surface area contributed by atoms with Crippen LogP contribution in [-0.2, 0) is 11.2 Å². The summed E-state index contributed by atoms with van der Waals surface area (Å²) in [4.78, 5) is 23.8. The molecule has 0 saturated carbocycles. The number of carbonyl (C=O) groups is 2. The van der Waals surface area contributed by atoms with Gasteiger partial charge in [-0.05, 0) is 36.8 Å². The molecule has 0 bridgehead atoms. The fraction of sp³-hybridized carbons (Fsp3) is 0.176. The standard InChI is InChI=1S/C17H17ClN2O3/c1-2-23-13-9-7-12(8-10-13)11-16(21)19-20-17(22)14-5-3-4-6-15(14)18/h3-10H,2,11H2,1H3,(H,19,21)(H,20,22). The van der Waals surface area contributed by atoms with E-state index in [-0.39, 0.29) is 12.3 Å². The maximum Gasteiger partial charge on any atom is 0.271 e. The zero-order valence-corrected chi connectivity index (χ0v) is 13.4. The minimum absolute atomic E-state index is 0.148. The lowest BCUT2D eigenvalue weighted by molar-refractivity contribution is -0.121. The fourth-order valence-electron chi connectivity index (χ4n) is 1.94. The molecule has 0 fully saturated rings. The highest BCUT2D eigenvalue weighted by molar-refractivity contribution is 6.33. The molecular weight excluding hydrogens is 316 g/mol. The second-order valence-corrected chi connectivity index (χ2v) is 5.14. The van der Waals surface area contributed by atoms with Gasteiger partial charge in [-0.2, -0.15) is 0 Å². The number of halogens is 1. The van der Waals surface area contributed by atoms with Crippen molar-refractivity contribution in [1.82, 2.24) is 10.9 Å². The molecule has 0 aliphatic carbocycles. The van der Waals surface area contributed by atoms with Crippen LogP contribution in [0.2, 0.25) is 5.02 Å². The van der Waals surface area contributed by atoms with Crippen LogP contribution < -0.4 is 15.6 Å². The van der Waals surface area contributed by atoms with Crippen molar-refractivity contribution >= 4 is 23.4 Å². The number of hydrogen-bond donors (Lipinski definition) is 2. The first-order valence-corrected chi connectivity index (χ1v) is 7.53. The molecule has 23 heavy (non-hydrogen) atoms. The Balaban J connectivity index is 1.85. The van der Waals surface area contributed by atoms with Gasteiger partial charge in [-0.15, -0.1) is 0 Å². The average Bonchev–Trinajstić information content (AvgIpc) is 2.55. The van der Waals surface area contributed by atoms with E-state index in [4.69, 9.17) is 16.3 Å². The Morgan fingerprint density at radius 2 is 1.74 bits per heavy atom. The van der Waals surface area contributed by atoms with Gasteiger partial charge in [0, 0.05) is 0 Å². The van der Waals surface area contributed by atoms with Gasteiger partial charge in [0.15, 0.2) is 0 Å². The van der Waals surface area contributed by atoms with Crippen molar-refractivity contribution in [2.45, 2.75) is 13.3 Å². The number of rotatable bonds is 5. The van der Waals surface area contributed by atoms with E-state index in [2.05, 4.69) is 10.9 Å². The van der Waals surface area contributed by atoms with Crippen molar-refractivity contribution in [1.29, 1.82) is 0 Å². The smallest absolute Gasteiger partial charge is 0.271 e. The van der Waals surface area contributed by atoms with E-state index in [1.807, 2.05) is 6.92 Å². The number of benzene rings is 2. The Bertz CT molecular complexity index is 686. The number of hydrogen-bond acceptors (Lipinski definition) is 3. The van der Waals surface area contributed by atoms with Crippen molar-refractivity contribution in [3.05, 3.63) is 64.7 Å². The summed E-state index contributed by atoms with van der Waals surface area (Å²) in [7, 11) is 0. The molecule has 0 aromatic heterocycles. The molecule has 2 aromatic rings. The molecule has 5 nitrogen and oxygen atoms in total. The first-order chi connectivity index (χ1) is 11.1. The second kappa shape index (κ2) is 8.19. The van der Waals surface area contributed by atoms with E-state index in [0.29, 0.717) is 17.2 Å². The molecule has 0 saturated heterocycles. The molecule has 0 spiro atoms. The molecule has 2 amide bonds. The van der Waals surface area contributed by atoms with Crippen molar-refractivity contribution < 1.29 is 14.3 Å². The predicted octanol–water partition coefficient (Wildman–Crippen LogP) is 2.74. The Morgan fingerprint density at radius 3 is 2.39 bits per heavy atom. The molecule has 0 aliphatic rings. The van der Waals surface area contributed by atoms with Gasteiger partial charge >= 0.3 is 0 Å². The third-order valence-corrected chi connectivity index (χ3v) is 3.36. The maximum absolute atomic E-state index is 11.9. The normalized spacial score (nSPS) is 10.0. The quantitative estimate of drug-likeness (QED) is 0.827. The Hall–Kier alpha value is -2.53.